The molecule has 1 N–H and O–H groups in total. The molecule has 0 bridgehead atoms. The molecule has 5 heteroatoms. The number of fused-ring (bicyclic) bond motifs is 1. The van der Waals surface area contributed by atoms with Gasteiger partial charge in [0, 0.05) is 12.5 Å². The molecule has 3 rings (SSSR count). The number of amides is 2. The first-order chi connectivity index (χ1) is 11.6. The Morgan fingerprint density at radius 3 is 2.71 bits per heavy atom. The number of carbonyl (C=O) groups is 2. The van der Waals surface area contributed by atoms with Gasteiger partial charge in [0.1, 0.15) is 5.75 Å². The van der Waals surface area contributed by atoms with E-state index >= 15 is 0 Å². The highest BCUT2D eigenvalue weighted by molar-refractivity contribution is 6.04. The van der Waals surface area contributed by atoms with Gasteiger partial charge in [-0.15, -0.1) is 0 Å². The fourth-order valence-electron chi connectivity index (χ4n) is 2.90. The topological polar surface area (TPSA) is 58.6 Å². The largest absolute Gasteiger partial charge is 0.483 e. The molecule has 2 aromatic rings. The number of carbonyl (C=O) groups excluding carboxylic acids is 2. The van der Waals surface area contributed by atoms with Gasteiger partial charge in [-0.25, -0.2) is 0 Å². The summed E-state index contributed by atoms with van der Waals surface area (Å²) in [7, 11) is 0. The van der Waals surface area contributed by atoms with E-state index in [-0.39, 0.29) is 30.9 Å². The molecule has 24 heavy (non-hydrogen) atoms. The van der Waals surface area contributed by atoms with Crippen LogP contribution in [0.5, 0.6) is 5.75 Å². The number of anilines is 2. The molecule has 0 aliphatic carbocycles. The Labute approximate surface area is 141 Å². The van der Waals surface area contributed by atoms with Crippen LogP contribution >= 0.6 is 0 Å². The molecule has 0 saturated heterocycles. The zero-order chi connectivity index (χ0) is 17.1. The van der Waals surface area contributed by atoms with E-state index in [0.717, 1.165) is 5.56 Å². The summed E-state index contributed by atoms with van der Waals surface area (Å²) in [6.45, 7) is 3.73. The van der Waals surface area contributed by atoms with Gasteiger partial charge in [0.25, 0.3) is 5.91 Å². The first kappa shape index (κ1) is 16.1. The van der Waals surface area contributed by atoms with Gasteiger partial charge in [-0.05, 0) is 37.6 Å². The minimum absolute atomic E-state index is 0.0717. The number of hydrogen-bond donors (Lipinski definition) is 1. The molecule has 0 unspecified atom stereocenters. The summed E-state index contributed by atoms with van der Waals surface area (Å²) in [5, 5.41) is 2.85. The lowest BCUT2D eigenvalue weighted by Gasteiger charge is -2.27. The van der Waals surface area contributed by atoms with Crippen molar-refractivity contribution in [3.63, 3.8) is 0 Å². The van der Waals surface area contributed by atoms with Crippen LogP contribution in [0.15, 0.2) is 48.5 Å². The molecule has 0 radical (unpaired) electrons. The highest BCUT2D eigenvalue weighted by Gasteiger charge is 2.29. The molecular formula is C19H20N2O3. The first-order valence-corrected chi connectivity index (χ1v) is 7.95. The van der Waals surface area contributed by atoms with Crippen LogP contribution in [0.25, 0.3) is 0 Å². The van der Waals surface area contributed by atoms with E-state index in [0.29, 0.717) is 17.1 Å². The zero-order valence-corrected chi connectivity index (χ0v) is 13.8. The van der Waals surface area contributed by atoms with Crippen LogP contribution in [0.1, 0.15) is 18.9 Å². The summed E-state index contributed by atoms with van der Waals surface area (Å²) in [5.74, 6) is 0.426. The molecule has 1 atom stereocenters. The van der Waals surface area contributed by atoms with E-state index < -0.39 is 0 Å². The Morgan fingerprint density at radius 2 is 1.92 bits per heavy atom. The third-order valence-electron chi connectivity index (χ3n) is 4.07. The third-order valence-corrected chi connectivity index (χ3v) is 4.07. The molecule has 0 aromatic heterocycles. The third kappa shape index (κ3) is 3.25. The second kappa shape index (κ2) is 6.74. The molecule has 2 aromatic carbocycles. The molecule has 0 spiro atoms. The van der Waals surface area contributed by atoms with Crippen LogP contribution in [0.4, 0.5) is 11.4 Å². The number of benzene rings is 2. The Morgan fingerprint density at radius 1 is 1.21 bits per heavy atom. The number of ether oxygens (including phenoxy) is 1. The average molecular weight is 324 g/mol. The van der Waals surface area contributed by atoms with Gasteiger partial charge in [-0.2, -0.15) is 0 Å². The fraction of sp³-hybridized carbons (Fsp3) is 0.263. The van der Waals surface area contributed by atoms with Gasteiger partial charge in [0.15, 0.2) is 6.61 Å². The van der Waals surface area contributed by atoms with Crippen LogP contribution < -0.4 is 15.0 Å². The van der Waals surface area contributed by atoms with Gasteiger partial charge < -0.3 is 15.0 Å². The van der Waals surface area contributed by atoms with Crippen LogP contribution in [0.3, 0.4) is 0 Å². The van der Waals surface area contributed by atoms with Crippen LogP contribution in [-0.2, 0) is 9.59 Å². The summed E-state index contributed by atoms with van der Waals surface area (Å²) in [6.07, 6.45) is 0.255. The Hall–Kier alpha value is -2.82. The van der Waals surface area contributed by atoms with Gasteiger partial charge in [0.2, 0.25) is 5.91 Å². The van der Waals surface area contributed by atoms with Crippen molar-refractivity contribution in [2.24, 2.45) is 0 Å². The van der Waals surface area contributed by atoms with E-state index in [4.69, 9.17) is 4.74 Å². The molecule has 124 valence electrons. The molecule has 1 heterocycles. The predicted molar refractivity (Wildman–Crippen MR) is 93.3 cm³/mol. The minimum atomic E-state index is -0.235. The first-order valence-electron chi connectivity index (χ1n) is 7.95. The molecule has 0 fully saturated rings. The van der Waals surface area contributed by atoms with E-state index in [2.05, 4.69) is 5.32 Å². The van der Waals surface area contributed by atoms with E-state index in [1.165, 1.54) is 0 Å². The number of nitrogens with one attached hydrogen (secondary N) is 1. The normalized spacial score (nSPS) is 16.8. The lowest BCUT2D eigenvalue weighted by molar-refractivity contribution is -0.121. The standard InChI is InChI=1S/C19H20N2O3/c1-13-7-3-6-10-17(13)24-12-19(23)21-14(2)11-18(22)20-15-8-4-5-9-16(15)21/h3-10,14H,11-12H2,1-2H3,(H,20,22)/t14-/m0/s1. The summed E-state index contributed by atoms with van der Waals surface area (Å²) in [5.41, 5.74) is 2.33. The maximum Gasteiger partial charge on any atom is 0.265 e. The van der Waals surface area contributed by atoms with Crippen molar-refractivity contribution in [3.05, 3.63) is 54.1 Å². The lowest BCUT2D eigenvalue weighted by atomic mass is 10.1. The van der Waals surface area contributed by atoms with Crippen LogP contribution in [0, 0.1) is 6.92 Å². The quantitative estimate of drug-likeness (QED) is 0.943. The molecule has 1 aliphatic rings. The van der Waals surface area contributed by atoms with E-state index in [1.54, 1.807) is 11.0 Å². The van der Waals surface area contributed by atoms with Gasteiger partial charge >= 0.3 is 0 Å². The monoisotopic (exact) mass is 324 g/mol. The van der Waals surface area contributed by atoms with Crippen molar-refractivity contribution < 1.29 is 14.3 Å². The van der Waals surface area contributed by atoms with Gasteiger partial charge in [-0.3, -0.25) is 9.59 Å². The van der Waals surface area contributed by atoms with Crippen molar-refractivity contribution >= 4 is 23.2 Å². The number of para-hydroxylation sites is 3. The summed E-state index contributed by atoms with van der Waals surface area (Å²) >= 11 is 0. The van der Waals surface area contributed by atoms with Crippen molar-refractivity contribution in [1.29, 1.82) is 0 Å². The molecule has 1 aliphatic heterocycles. The Bertz CT molecular complexity index is 773. The highest BCUT2D eigenvalue weighted by Crippen LogP contribution is 2.31. The highest BCUT2D eigenvalue weighted by atomic mass is 16.5. The van der Waals surface area contributed by atoms with Crippen LogP contribution in [-0.4, -0.2) is 24.5 Å². The number of hydrogen-bond acceptors (Lipinski definition) is 3. The number of nitrogens with zero attached hydrogens (tertiary/aromatic N) is 1. The van der Waals surface area contributed by atoms with Gasteiger partial charge in [-0.1, -0.05) is 30.3 Å². The average Bonchev–Trinajstić information content (AvgIpc) is 2.68. The summed E-state index contributed by atoms with van der Waals surface area (Å²) in [4.78, 5) is 26.4. The maximum atomic E-state index is 12.8. The second-order valence-corrected chi connectivity index (χ2v) is 5.94. The maximum absolute atomic E-state index is 12.8. The van der Waals surface area contributed by atoms with E-state index in [9.17, 15) is 9.59 Å². The zero-order valence-electron chi connectivity index (χ0n) is 13.8. The van der Waals surface area contributed by atoms with Crippen molar-refractivity contribution in [2.75, 3.05) is 16.8 Å². The number of aryl methyl sites for hydroxylation is 1. The van der Waals surface area contributed by atoms with E-state index in [1.807, 2.05) is 56.3 Å². The second-order valence-electron chi connectivity index (χ2n) is 5.94. The van der Waals surface area contributed by atoms with Gasteiger partial charge in [0.05, 0.1) is 11.4 Å². The molecule has 2 amide bonds. The fourth-order valence-corrected chi connectivity index (χ4v) is 2.90. The number of rotatable bonds is 3. The lowest BCUT2D eigenvalue weighted by Crippen LogP contribution is -2.41. The van der Waals surface area contributed by atoms with Crippen molar-refractivity contribution in [1.82, 2.24) is 0 Å². The Balaban J connectivity index is 1.83. The van der Waals surface area contributed by atoms with Crippen LogP contribution in [0.2, 0.25) is 0 Å². The summed E-state index contributed by atoms with van der Waals surface area (Å²) in [6, 6.07) is 14.7. The Kier molecular flexibility index (Phi) is 4.51. The minimum Gasteiger partial charge on any atom is -0.483 e. The molecular weight excluding hydrogens is 304 g/mol. The summed E-state index contributed by atoms with van der Waals surface area (Å²) < 4.78 is 5.69. The smallest absolute Gasteiger partial charge is 0.265 e. The molecule has 0 saturated carbocycles. The van der Waals surface area contributed by atoms with Crippen molar-refractivity contribution in [3.8, 4) is 5.75 Å². The predicted octanol–water partition coefficient (Wildman–Crippen LogP) is 3.14. The molecule has 5 nitrogen and oxygen atoms in total. The SMILES string of the molecule is Cc1ccccc1OCC(=O)N1c2ccccc2NC(=O)C[C@@H]1C. The van der Waals surface area contributed by atoms with Crippen molar-refractivity contribution in [2.45, 2.75) is 26.3 Å².